The summed E-state index contributed by atoms with van der Waals surface area (Å²) < 4.78 is 0. The minimum Gasteiger partial charge on any atom is -0.361 e. The van der Waals surface area contributed by atoms with Crippen LogP contribution in [0, 0.1) is 0 Å². The summed E-state index contributed by atoms with van der Waals surface area (Å²) in [4.78, 5) is 41.3. The van der Waals surface area contributed by atoms with E-state index >= 15 is 0 Å². The lowest BCUT2D eigenvalue weighted by Gasteiger charge is -2.13. The average molecular weight is 439 g/mol. The predicted molar refractivity (Wildman–Crippen MR) is 119 cm³/mol. The molecule has 0 saturated carbocycles. The van der Waals surface area contributed by atoms with Crippen molar-refractivity contribution >= 4 is 40.3 Å². The summed E-state index contributed by atoms with van der Waals surface area (Å²) in [6.07, 6.45) is 3.01. The van der Waals surface area contributed by atoms with Gasteiger partial charge >= 0.3 is 6.03 Å². The van der Waals surface area contributed by atoms with Gasteiger partial charge in [-0.15, -0.1) is 0 Å². The molecule has 31 heavy (non-hydrogen) atoms. The molecule has 160 valence electrons. The zero-order chi connectivity index (χ0) is 21.8. The molecule has 1 fully saturated rings. The Morgan fingerprint density at radius 3 is 2.74 bits per heavy atom. The Bertz CT molecular complexity index is 1110. The van der Waals surface area contributed by atoms with Gasteiger partial charge in [0.25, 0.3) is 5.91 Å². The summed E-state index contributed by atoms with van der Waals surface area (Å²) in [6, 6.07) is 13.9. The van der Waals surface area contributed by atoms with E-state index in [2.05, 4.69) is 15.6 Å². The number of imide groups is 1. The van der Waals surface area contributed by atoms with Gasteiger partial charge in [-0.2, -0.15) is 0 Å². The van der Waals surface area contributed by atoms with Crippen molar-refractivity contribution in [3.05, 3.63) is 70.9 Å². The van der Waals surface area contributed by atoms with E-state index in [1.54, 1.807) is 0 Å². The highest BCUT2D eigenvalue weighted by Crippen LogP contribution is 2.22. The van der Waals surface area contributed by atoms with Gasteiger partial charge in [0.1, 0.15) is 6.04 Å². The molecule has 1 saturated heterocycles. The van der Waals surface area contributed by atoms with Gasteiger partial charge in [-0.3, -0.25) is 14.5 Å². The van der Waals surface area contributed by atoms with E-state index < -0.39 is 12.1 Å². The number of benzene rings is 2. The fourth-order valence-corrected chi connectivity index (χ4v) is 3.92. The maximum atomic E-state index is 12.6. The Labute approximate surface area is 184 Å². The maximum absolute atomic E-state index is 12.6. The summed E-state index contributed by atoms with van der Waals surface area (Å²) >= 11 is 6.07. The number of nitrogens with zero attached hydrogens (tertiary/aromatic N) is 1. The first-order chi connectivity index (χ1) is 15.0. The SMILES string of the molecule is O=C(CC[C@@H]1NC(=O)N(Cc2ccccc2)C1=O)NCCc1c[nH]c2ccc(Cl)cc12. The first-order valence-corrected chi connectivity index (χ1v) is 10.6. The highest BCUT2D eigenvalue weighted by Gasteiger charge is 2.37. The molecule has 8 heteroatoms. The molecule has 3 aromatic rings. The molecule has 0 spiro atoms. The van der Waals surface area contributed by atoms with E-state index in [1.807, 2.05) is 54.7 Å². The van der Waals surface area contributed by atoms with E-state index in [-0.39, 0.29) is 31.2 Å². The summed E-state index contributed by atoms with van der Waals surface area (Å²) in [5.41, 5.74) is 2.96. The quantitative estimate of drug-likeness (QED) is 0.470. The van der Waals surface area contributed by atoms with Crippen LogP contribution in [0.15, 0.2) is 54.7 Å². The van der Waals surface area contributed by atoms with Crippen LogP contribution in [0.25, 0.3) is 10.9 Å². The highest BCUT2D eigenvalue weighted by atomic mass is 35.5. The number of hydrogen-bond acceptors (Lipinski definition) is 3. The molecule has 2 aromatic carbocycles. The van der Waals surface area contributed by atoms with Crippen molar-refractivity contribution in [2.45, 2.75) is 31.8 Å². The van der Waals surface area contributed by atoms with Crippen molar-refractivity contribution in [2.75, 3.05) is 6.54 Å². The van der Waals surface area contributed by atoms with Gasteiger partial charge in [0.2, 0.25) is 5.91 Å². The normalized spacial score (nSPS) is 16.0. The Morgan fingerprint density at radius 1 is 1.13 bits per heavy atom. The Balaban J connectivity index is 1.23. The molecule has 1 aliphatic rings. The molecule has 0 radical (unpaired) electrons. The van der Waals surface area contributed by atoms with Gasteiger partial charge in [-0.25, -0.2) is 4.79 Å². The first-order valence-electron chi connectivity index (χ1n) is 10.2. The lowest BCUT2D eigenvalue weighted by molar-refractivity contribution is -0.128. The number of hydrogen-bond donors (Lipinski definition) is 3. The van der Waals surface area contributed by atoms with Gasteiger partial charge < -0.3 is 15.6 Å². The van der Waals surface area contributed by atoms with E-state index in [4.69, 9.17) is 11.6 Å². The second-order valence-electron chi connectivity index (χ2n) is 7.55. The van der Waals surface area contributed by atoms with E-state index in [0.29, 0.717) is 18.0 Å². The molecule has 1 atom stereocenters. The minimum atomic E-state index is -0.669. The van der Waals surface area contributed by atoms with Crippen LogP contribution in [0.5, 0.6) is 0 Å². The number of H-pyrrole nitrogens is 1. The number of aromatic nitrogens is 1. The second kappa shape index (κ2) is 9.22. The van der Waals surface area contributed by atoms with Crippen LogP contribution in [0.4, 0.5) is 4.79 Å². The Morgan fingerprint density at radius 2 is 1.94 bits per heavy atom. The molecule has 4 rings (SSSR count). The van der Waals surface area contributed by atoms with Crippen LogP contribution in [0.3, 0.4) is 0 Å². The number of nitrogens with one attached hydrogen (secondary N) is 3. The number of halogens is 1. The molecule has 0 bridgehead atoms. The van der Waals surface area contributed by atoms with Crippen molar-refractivity contribution in [3.63, 3.8) is 0 Å². The molecule has 0 aliphatic carbocycles. The molecular formula is C23H23ClN4O3. The smallest absolute Gasteiger partial charge is 0.325 e. The zero-order valence-electron chi connectivity index (χ0n) is 16.9. The van der Waals surface area contributed by atoms with Gasteiger partial charge in [-0.05, 0) is 42.2 Å². The third-order valence-corrected chi connectivity index (χ3v) is 5.63. The molecule has 4 amide bonds. The predicted octanol–water partition coefficient (Wildman–Crippen LogP) is 3.38. The Kier molecular flexibility index (Phi) is 6.23. The number of aromatic amines is 1. The average Bonchev–Trinajstić information content (AvgIpc) is 3.28. The zero-order valence-corrected chi connectivity index (χ0v) is 17.6. The monoisotopic (exact) mass is 438 g/mol. The van der Waals surface area contributed by atoms with Gasteiger partial charge in [0.15, 0.2) is 0 Å². The lowest BCUT2D eigenvalue weighted by Crippen LogP contribution is -2.33. The molecule has 3 N–H and O–H groups in total. The lowest BCUT2D eigenvalue weighted by atomic mass is 10.1. The number of fused-ring (bicyclic) bond motifs is 1. The van der Waals surface area contributed by atoms with Crippen LogP contribution in [-0.2, 0) is 22.6 Å². The van der Waals surface area contributed by atoms with Crippen LogP contribution < -0.4 is 10.6 Å². The standard InChI is InChI=1S/C23H23ClN4O3/c24-17-6-7-19-18(12-17)16(13-26-19)10-11-25-21(29)9-8-20-22(30)28(23(31)27-20)14-15-4-2-1-3-5-15/h1-7,12-13,20,26H,8-11,14H2,(H,25,29)(H,27,31)/t20-/m0/s1. The summed E-state index contributed by atoms with van der Waals surface area (Å²) in [5.74, 6) is -0.446. The first kappa shape index (κ1) is 20.9. The summed E-state index contributed by atoms with van der Waals surface area (Å²) in [7, 11) is 0. The van der Waals surface area contributed by atoms with E-state index in [1.165, 1.54) is 4.90 Å². The van der Waals surface area contributed by atoms with Crippen molar-refractivity contribution in [2.24, 2.45) is 0 Å². The van der Waals surface area contributed by atoms with Crippen LogP contribution in [0.2, 0.25) is 5.02 Å². The van der Waals surface area contributed by atoms with Gasteiger partial charge in [0.05, 0.1) is 6.54 Å². The van der Waals surface area contributed by atoms with Crippen LogP contribution in [0.1, 0.15) is 24.0 Å². The number of carbonyl (C=O) groups excluding carboxylic acids is 3. The van der Waals surface area contributed by atoms with E-state index in [9.17, 15) is 14.4 Å². The number of urea groups is 1. The van der Waals surface area contributed by atoms with Crippen molar-refractivity contribution in [3.8, 4) is 0 Å². The van der Waals surface area contributed by atoms with Gasteiger partial charge in [-0.1, -0.05) is 41.9 Å². The fraction of sp³-hybridized carbons (Fsp3) is 0.261. The molecular weight excluding hydrogens is 416 g/mol. The highest BCUT2D eigenvalue weighted by molar-refractivity contribution is 6.31. The van der Waals surface area contributed by atoms with Crippen LogP contribution >= 0.6 is 11.6 Å². The minimum absolute atomic E-state index is 0.151. The molecule has 7 nitrogen and oxygen atoms in total. The van der Waals surface area contributed by atoms with Crippen molar-refractivity contribution in [1.29, 1.82) is 0 Å². The number of carbonyl (C=O) groups is 3. The van der Waals surface area contributed by atoms with E-state index in [0.717, 1.165) is 22.0 Å². The molecule has 0 unspecified atom stereocenters. The summed E-state index contributed by atoms with van der Waals surface area (Å²) in [6.45, 7) is 0.701. The third kappa shape index (κ3) is 4.88. The Hall–Kier alpha value is -3.32. The van der Waals surface area contributed by atoms with Crippen molar-refractivity contribution < 1.29 is 14.4 Å². The van der Waals surface area contributed by atoms with Crippen molar-refractivity contribution in [1.82, 2.24) is 20.5 Å². The topological polar surface area (TPSA) is 94.3 Å². The molecule has 2 heterocycles. The summed E-state index contributed by atoms with van der Waals surface area (Å²) in [5, 5.41) is 7.26. The largest absolute Gasteiger partial charge is 0.361 e. The fourth-order valence-electron chi connectivity index (χ4n) is 3.75. The maximum Gasteiger partial charge on any atom is 0.325 e. The van der Waals surface area contributed by atoms with Crippen LogP contribution in [-0.4, -0.2) is 40.3 Å². The van der Waals surface area contributed by atoms with Gasteiger partial charge in [0, 0.05) is 35.1 Å². The molecule has 1 aromatic heterocycles. The number of amides is 4. The number of rotatable bonds is 8. The molecule has 1 aliphatic heterocycles. The third-order valence-electron chi connectivity index (χ3n) is 5.40. The second-order valence-corrected chi connectivity index (χ2v) is 7.99.